The highest BCUT2D eigenvalue weighted by atomic mass is 19.3. The summed E-state index contributed by atoms with van der Waals surface area (Å²) in [5, 5.41) is 8.81. The van der Waals surface area contributed by atoms with Crippen LogP contribution in [0.1, 0.15) is 26.7 Å². The molecule has 0 amide bonds. The van der Waals surface area contributed by atoms with Crippen molar-refractivity contribution in [3.63, 3.8) is 0 Å². The molecule has 0 radical (unpaired) electrons. The van der Waals surface area contributed by atoms with Gasteiger partial charge in [0, 0.05) is 0 Å². The van der Waals surface area contributed by atoms with Crippen molar-refractivity contribution < 1.29 is 13.9 Å². The third kappa shape index (κ3) is 3.46. The zero-order chi connectivity index (χ0) is 8.91. The van der Waals surface area contributed by atoms with Gasteiger partial charge in [-0.15, -0.1) is 0 Å². The zero-order valence-corrected chi connectivity index (χ0v) is 6.85. The van der Waals surface area contributed by atoms with Gasteiger partial charge in [-0.05, 0) is 18.9 Å². The quantitative estimate of drug-likeness (QED) is 0.632. The van der Waals surface area contributed by atoms with Crippen molar-refractivity contribution in [3.05, 3.63) is 12.2 Å². The highest BCUT2D eigenvalue weighted by Crippen LogP contribution is 2.22. The first kappa shape index (κ1) is 10.6. The molecular weight excluding hydrogens is 150 g/mol. The van der Waals surface area contributed by atoms with Gasteiger partial charge < -0.3 is 5.11 Å². The molecule has 1 nitrogen and oxygen atoms in total. The van der Waals surface area contributed by atoms with Gasteiger partial charge in [-0.25, -0.2) is 0 Å². The van der Waals surface area contributed by atoms with Crippen LogP contribution in [-0.4, -0.2) is 17.1 Å². The average molecular weight is 164 g/mol. The van der Waals surface area contributed by atoms with Gasteiger partial charge in [0.15, 0.2) is 0 Å². The smallest absolute Gasteiger partial charge is 0.291 e. The molecule has 0 rings (SSSR count). The third-order valence-electron chi connectivity index (χ3n) is 1.41. The lowest BCUT2D eigenvalue weighted by Crippen LogP contribution is -2.30. The van der Waals surface area contributed by atoms with Crippen molar-refractivity contribution in [2.24, 2.45) is 0 Å². The predicted molar refractivity (Wildman–Crippen MR) is 40.7 cm³/mol. The molecule has 0 saturated heterocycles. The lowest BCUT2D eigenvalue weighted by molar-refractivity contribution is -0.0704. The molecule has 0 aliphatic rings. The van der Waals surface area contributed by atoms with Crippen LogP contribution in [0.4, 0.5) is 8.78 Å². The second-order valence-electron chi connectivity index (χ2n) is 2.41. The Morgan fingerprint density at radius 1 is 1.45 bits per heavy atom. The van der Waals surface area contributed by atoms with Crippen LogP contribution < -0.4 is 0 Å². The van der Waals surface area contributed by atoms with Crippen LogP contribution >= 0.6 is 0 Å². The van der Waals surface area contributed by atoms with E-state index in [-0.39, 0.29) is 6.42 Å². The Hall–Kier alpha value is -0.440. The maximum absolute atomic E-state index is 12.7. The van der Waals surface area contributed by atoms with Crippen LogP contribution in [0.2, 0.25) is 0 Å². The fraction of sp³-hybridized carbons (Fsp3) is 0.750. The minimum Gasteiger partial charge on any atom is -0.386 e. The highest BCUT2D eigenvalue weighted by Gasteiger charge is 2.33. The number of aliphatic hydroxyl groups excluding tert-OH is 1. The molecule has 0 aromatic carbocycles. The Balaban J connectivity index is 4.08. The first-order valence-corrected chi connectivity index (χ1v) is 3.78. The Morgan fingerprint density at radius 2 is 2.00 bits per heavy atom. The maximum Gasteiger partial charge on any atom is 0.291 e. The van der Waals surface area contributed by atoms with Crippen molar-refractivity contribution in [1.82, 2.24) is 0 Å². The second-order valence-corrected chi connectivity index (χ2v) is 2.41. The van der Waals surface area contributed by atoms with Crippen LogP contribution in [0.15, 0.2) is 12.2 Å². The van der Waals surface area contributed by atoms with Crippen molar-refractivity contribution in [3.8, 4) is 0 Å². The lowest BCUT2D eigenvalue weighted by atomic mass is 10.1. The summed E-state index contributed by atoms with van der Waals surface area (Å²) in [6, 6.07) is 0. The fourth-order valence-corrected chi connectivity index (χ4v) is 0.658. The maximum atomic E-state index is 12.7. The first-order chi connectivity index (χ1) is 5.04. The average Bonchev–Trinajstić information content (AvgIpc) is 1.99. The Kier molecular flexibility index (Phi) is 4.26. The van der Waals surface area contributed by atoms with Crippen LogP contribution in [0.5, 0.6) is 0 Å². The number of alkyl halides is 2. The van der Waals surface area contributed by atoms with E-state index in [4.69, 9.17) is 5.11 Å². The molecule has 0 bridgehead atoms. The first-order valence-electron chi connectivity index (χ1n) is 3.78. The minimum absolute atomic E-state index is 0.0705. The van der Waals surface area contributed by atoms with E-state index in [1.54, 1.807) is 6.92 Å². The van der Waals surface area contributed by atoms with Crippen LogP contribution in [0.25, 0.3) is 0 Å². The SMILES string of the molecule is CC/C=C\C(F)(F)C(O)CC. The summed E-state index contributed by atoms with van der Waals surface area (Å²) in [6.45, 7) is 3.29. The molecule has 0 aromatic heterocycles. The normalized spacial score (nSPS) is 15.7. The summed E-state index contributed by atoms with van der Waals surface area (Å²) in [5.74, 6) is -3.06. The molecule has 1 N–H and O–H groups in total. The molecule has 0 saturated carbocycles. The fourth-order valence-electron chi connectivity index (χ4n) is 0.658. The Labute approximate surface area is 65.7 Å². The van der Waals surface area contributed by atoms with Gasteiger partial charge in [0.2, 0.25) is 0 Å². The predicted octanol–water partition coefficient (Wildman–Crippen LogP) is 2.36. The monoisotopic (exact) mass is 164 g/mol. The van der Waals surface area contributed by atoms with E-state index in [1.165, 1.54) is 13.0 Å². The molecule has 0 aromatic rings. The number of hydrogen-bond donors (Lipinski definition) is 1. The lowest BCUT2D eigenvalue weighted by Gasteiger charge is -2.16. The van der Waals surface area contributed by atoms with Crippen molar-refractivity contribution in [1.29, 1.82) is 0 Å². The molecule has 0 heterocycles. The van der Waals surface area contributed by atoms with Gasteiger partial charge in [0.05, 0.1) is 0 Å². The van der Waals surface area contributed by atoms with E-state index in [2.05, 4.69) is 0 Å². The van der Waals surface area contributed by atoms with E-state index in [0.29, 0.717) is 6.42 Å². The summed E-state index contributed by atoms with van der Waals surface area (Å²) in [7, 11) is 0. The largest absolute Gasteiger partial charge is 0.386 e. The minimum atomic E-state index is -3.06. The van der Waals surface area contributed by atoms with E-state index in [0.717, 1.165) is 6.08 Å². The molecular formula is C8H14F2O. The molecule has 3 heteroatoms. The summed E-state index contributed by atoms with van der Waals surface area (Å²) < 4.78 is 25.3. The molecule has 1 unspecified atom stereocenters. The van der Waals surface area contributed by atoms with Gasteiger partial charge in [0.25, 0.3) is 5.92 Å². The standard InChI is InChI=1S/C8H14F2O/c1-3-5-6-8(9,10)7(11)4-2/h5-7,11H,3-4H2,1-2H3/b6-5-. The van der Waals surface area contributed by atoms with Gasteiger partial charge >= 0.3 is 0 Å². The highest BCUT2D eigenvalue weighted by molar-refractivity contribution is 4.97. The molecule has 11 heavy (non-hydrogen) atoms. The summed E-state index contributed by atoms with van der Waals surface area (Å²) >= 11 is 0. The van der Waals surface area contributed by atoms with Gasteiger partial charge in [-0.3, -0.25) is 0 Å². The summed E-state index contributed by atoms with van der Waals surface area (Å²) in [5.41, 5.74) is 0. The Morgan fingerprint density at radius 3 is 2.36 bits per heavy atom. The topological polar surface area (TPSA) is 20.2 Å². The third-order valence-corrected chi connectivity index (χ3v) is 1.41. The zero-order valence-electron chi connectivity index (χ0n) is 6.85. The number of aliphatic hydroxyl groups is 1. The van der Waals surface area contributed by atoms with E-state index >= 15 is 0 Å². The number of allylic oxidation sites excluding steroid dienone is 1. The van der Waals surface area contributed by atoms with Crippen molar-refractivity contribution in [2.45, 2.75) is 38.7 Å². The van der Waals surface area contributed by atoms with Crippen molar-refractivity contribution >= 4 is 0 Å². The summed E-state index contributed by atoms with van der Waals surface area (Å²) in [6.07, 6.45) is 1.21. The van der Waals surface area contributed by atoms with Crippen LogP contribution in [-0.2, 0) is 0 Å². The van der Waals surface area contributed by atoms with E-state index in [1.807, 2.05) is 0 Å². The van der Waals surface area contributed by atoms with Crippen LogP contribution in [0, 0.1) is 0 Å². The number of rotatable bonds is 4. The molecule has 0 fully saturated rings. The number of hydrogen-bond acceptors (Lipinski definition) is 1. The van der Waals surface area contributed by atoms with Gasteiger partial charge in [-0.1, -0.05) is 19.9 Å². The van der Waals surface area contributed by atoms with Gasteiger partial charge in [0.1, 0.15) is 6.10 Å². The van der Waals surface area contributed by atoms with E-state index in [9.17, 15) is 8.78 Å². The molecule has 0 spiro atoms. The van der Waals surface area contributed by atoms with Crippen molar-refractivity contribution in [2.75, 3.05) is 0 Å². The van der Waals surface area contributed by atoms with Gasteiger partial charge in [-0.2, -0.15) is 8.78 Å². The molecule has 0 aliphatic heterocycles. The molecule has 0 aliphatic carbocycles. The van der Waals surface area contributed by atoms with E-state index < -0.39 is 12.0 Å². The molecule has 66 valence electrons. The van der Waals surface area contributed by atoms with Crippen LogP contribution in [0.3, 0.4) is 0 Å². The Bertz CT molecular complexity index is 132. The molecule has 1 atom stereocenters. The second kappa shape index (κ2) is 4.44. The number of halogens is 2. The summed E-state index contributed by atoms with van der Waals surface area (Å²) in [4.78, 5) is 0.